The predicted molar refractivity (Wildman–Crippen MR) is 65.7 cm³/mol. The van der Waals surface area contributed by atoms with Crippen molar-refractivity contribution < 1.29 is 9.52 Å². The molecule has 2 aromatic rings. The molecule has 0 spiro atoms. The Labute approximate surface area is 98.6 Å². The van der Waals surface area contributed by atoms with Crippen LogP contribution < -0.4 is 5.73 Å². The number of aromatic hydroxyl groups is 1. The van der Waals surface area contributed by atoms with Crippen molar-refractivity contribution >= 4 is 28.0 Å². The van der Waals surface area contributed by atoms with Gasteiger partial charge in [0.2, 0.25) is 0 Å². The molecular formula is C11H14BrNO2. The lowest BCUT2D eigenvalue weighted by Crippen LogP contribution is -2.02. The van der Waals surface area contributed by atoms with Crippen molar-refractivity contribution in [3.8, 4) is 5.75 Å². The molecule has 0 fully saturated rings. The molecule has 82 valence electrons. The minimum Gasteiger partial charge on any atom is -0.504 e. The van der Waals surface area contributed by atoms with Crippen LogP contribution >= 0.6 is 17.0 Å². The normalized spacial score (nSPS) is 10.3. The monoisotopic (exact) mass is 271 g/mol. The third-order valence-corrected chi connectivity index (χ3v) is 2.21. The molecule has 2 rings (SSSR count). The first kappa shape index (κ1) is 12.1. The summed E-state index contributed by atoms with van der Waals surface area (Å²) in [7, 11) is 0. The Balaban J connectivity index is 0.00000112. The van der Waals surface area contributed by atoms with E-state index in [-0.39, 0.29) is 22.7 Å². The van der Waals surface area contributed by atoms with Gasteiger partial charge in [0, 0.05) is 5.39 Å². The van der Waals surface area contributed by atoms with Gasteiger partial charge in [0.15, 0.2) is 11.3 Å². The van der Waals surface area contributed by atoms with Crippen molar-refractivity contribution in [2.45, 2.75) is 13.3 Å². The van der Waals surface area contributed by atoms with Gasteiger partial charge in [-0.05, 0) is 43.7 Å². The summed E-state index contributed by atoms with van der Waals surface area (Å²) in [5.41, 5.74) is 7.05. The Morgan fingerprint density at radius 2 is 2.07 bits per heavy atom. The van der Waals surface area contributed by atoms with Gasteiger partial charge in [-0.25, -0.2) is 0 Å². The highest BCUT2D eigenvalue weighted by molar-refractivity contribution is 8.93. The lowest BCUT2D eigenvalue weighted by molar-refractivity contribution is 0.460. The summed E-state index contributed by atoms with van der Waals surface area (Å²) in [5, 5.41) is 10.6. The van der Waals surface area contributed by atoms with Gasteiger partial charge in [-0.2, -0.15) is 0 Å². The first-order valence-corrected chi connectivity index (χ1v) is 4.63. The highest BCUT2D eigenvalue weighted by Crippen LogP contribution is 2.29. The Hall–Kier alpha value is -1.00. The standard InChI is InChI=1S/C11H13NO2.BrH/c1-7-4-9-5-8(2-3-12)6-10(13)11(9)14-7;/h4-6,13H,2-3,12H2,1H3;1H. The first-order chi connectivity index (χ1) is 6.70. The van der Waals surface area contributed by atoms with Gasteiger partial charge in [-0.15, -0.1) is 17.0 Å². The Morgan fingerprint density at radius 3 is 2.73 bits per heavy atom. The molecule has 0 amide bonds. The molecule has 15 heavy (non-hydrogen) atoms. The Kier molecular flexibility index (Phi) is 3.77. The molecule has 0 aliphatic heterocycles. The summed E-state index contributed by atoms with van der Waals surface area (Å²) in [4.78, 5) is 0. The zero-order valence-corrected chi connectivity index (χ0v) is 10.2. The maximum Gasteiger partial charge on any atom is 0.175 e. The minimum absolute atomic E-state index is 0. The van der Waals surface area contributed by atoms with Gasteiger partial charge in [0.1, 0.15) is 5.76 Å². The molecule has 0 unspecified atom stereocenters. The zero-order chi connectivity index (χ0) is 10.1. The van der Waals surface area contributed by atoms with Crippen molar-refractivity contribution in [3.63, 3.8) is 0 Å². The summed E-state index contributed by atoms with van der Waals surface area (Å²) >= 11 is 0. The van der Waals surface area contributed by atoms with E-state index in [1.165, 1.54) is 0 Å². The van der Waals surface area contributed by atoms with E-state index in [9.17, 15) is 5.11 Å². The van der Waals surface area contributed by atoms with E-state index in [4.69, 9.17) is 10.2 Å². The average Bonchev–Trinajstić information content (AvgIpc) is 2.47. The topological polar surface area (TPSA) is 59.4 Å². The predicted octanol–water partition coefficient (Wildman–Crippen LogP) is 2.53. The Morgan fingerprint density at radius 1 is 1.33 bits per heavy atom. The minimum atomic E-state index is 0. The van der Waals surface area contributed by atoms with E-state index in [1.54, 1.807) is 6.07 Å². The average molecular weight is 272 g/mol. The molecule has 0 atom stereocenters. The second-order valence-electron chi connectivity index (χ2n) is 3.43. The number of furan rings is 1. The van der Waals surface area contributed by atoms with Crippen LogP contribution in [0.1, 0.15) is 11.3 Å². The lowest BCUT2D eigenvalue weighted by Gasteiger charge is -2.00. The maximum absolute atomic E-state index is 9.66. The molecule has 3 nitrogen and oxygen atoms in total. The van der Waals surface area contributed by atoms with Gasteiger partial charge < -0.3 is 15.3 Å². The first-order valence-electron chi connectivity index (χ1n) is 4.63. The molecule has 0 aliphatic carbocycles. The van der Waals surface area contributed by atoms with Crippen LogP contribution in [0.5, 0.6) is 5.75 Å². The largest absolute Gasteiger partial charge is 0.504 e. The van der Waals surface area contributed by atoms with E-state index in [1.807, 2.05) is 19.1 Å². The SMILES string of the molecule is Br.Cc1cc2cc(CCN)cc(O)c2o1. The smallest absolute Gasteiger partial charge is 0.175 e. The van der Waals surface area contributed by atoms with Crippen molar-refractivity contribution in [3.05, 3.63) is 29.5 Å². The van der Waals surface area contributed by atoms with Crippen LogP contribution in [-0.4, -0.2) is 11.7 Å². The number of hydrogen-bond acceptors (Lipinski definition) is 3. The molecule has 0 aliphatic rings. The highest BCUT2D eigenvalue weighted by atomic mass is 79.9. The second kappa shape index (κ2) is 4.68. The van der Waals surface area contributed by atoms with Crippen molar-refractivity contribution in [2.24, 2.45) is 5.73 Å². The van der Waals surface area contributed by atoms with Crippen molar-refractivity contribution in [1.82, 2.24) is 0 Å². The van der Waals surface area contributed by atoms with Crippen LogP contribution in [0.25, 0.3) is 11.0 Å². The number of halogens is 1. The van der Waals surface area contributed by atoms with E-state index in [2.05, 4.69) is 0 Å². The quantitative estimate of drug-likeness (QED) is 0.883. The van der Waals surface area contributed by atoms with Crippen molar-refractivity contribution in [2.75, 3.05) is 6.54 Å². The number of phenols is 1. The molecule has 1 aromatic heterocycles. The van der Waals surface area contributed by atoms with Crippen molar-refractivity contribution in [1.29, 1.82) is 0 Å². The third kappa shape index (κ3) is 2.33. The highest BCUT2D eigenvalue weighted by Gasteiger charge is 2.07. The van der Waals surface area contributed by atoms with E-state index in [0.717, 1.165) is 23.1 Å². The molecular weight excluding hydrogens is 258 g/mol. The molecule has 1 aromatic carbocycles. The van der Waals surface area contributed by atoms with Crippen LogP contribution in [-0.2, 0) is 6.42 Å². The number of phenolic OH excluding ortho intramolecular Hbond substituents is 1. The molecule has 0 radical (unpaired) electrons. The molecule has 0 saturated heterocycles. The second-order valence-corrected chi connectivity index (χ2v) is 3.43. The summed E-state index contributed by atoms with van der Waals surface area (Å²) < 4.78 is 5.35. The van der Waals surface area contributed by atoms with E-state index in [0.29, 0.717) is 12.1 Å². The fourth-order valence-electron chi connectivity index (χ4n) is 1.63. The zero-order valence-electron chi connectivity index (χ0n) is 8.49. The molecule has 3 N–H and O–H groups in total. The van der Waals surface area contributed by atoms with Gasteiger partial charge in [0.05, 0.1) is 0 Å². The Bertz CT molecular complexity index is 465. The van der Waals surface area contributed by atoms with Crippen LogP contribution in [0, 0.1) is 6.92 Å². The van der Waals surface area contributed by atoms with Crippen LogP contribution in [0.15, 0.2) is 22.6 Å². The third-order valence-electron chi connectivity index (χ3n) is 2.21. The molecule has 1 heterocycles. The lowest BCUT2D eigenvalue weighted by atomic mass is 10.1. The number of fused-ring (bicyclic) bond motifs is 1. The van der Waals surface area contributed by atoms with Crippen LogP contribution in [0.3, 0.4) is 0 Å². The number of aryl methyl sites for hydroxylation is 1. The number of nitrogens with two attached hydrogens (primary N) is 1. The van der Waals surface area contributed by atoms with Crippen LogP contribution in [0.4, 0.5) is 0 Å². The van der Waals surface area contributed by atoms with E-state index < -0.39 is 0 Å². The maximum atomic E-state index is 9.66. The number of hydrogen-bond donors (Lipinski definition) is 2. The summed E-state index contributed by atoms with van der Waals surface area (Å²) in [5.74, 6) is 0.999. The summed E-state index contributed by atoms with van der Waals surface area (Å²) in [6.45, 7) is 2.45. The van der Waals surface area contributed by atoms with Gasteiger partial charge in [-0.1, -0.05) is 0 Å². The van der Waals surface area contributed by atoms with Gasteiger partial charge in [-0.3, -0.25) is 0 Å². The van der Waals surface area contributed by atoms with Crippen LogP contribution in [0.2, 0.25) is 0 Å². The number of benzene rings is 1. The van der Waals surface area contributed by atoms with E-state index >= 15 is 0 Å². The van der Waals surface area contributed by atoms with Gasteiger partial charge in [0.25, 0.3) is 0 Å². The summed E-state index contributed by atoms with van der Waals surface area (Å²) in [6, 6.07) is 5.62. The number of rotatable bonds is 2. The van der Waals surface area contributed by atoms with Gasteiger partial charge >= 0.3 is 0 Å². The summed E-state index contributed by atoms with van der Waals surface area (Å²) in [6.07, 6.45) is 0.772. The fraction of sp³-hybridized carbons (Fsp3) is 0.273. The molecule has 0 bridgehead atoms. The fourth-order valence-corrected chi connectivity index (χ4v) is 1.63. The molecule has 0 saturated carbocycles. The molecule has 4 heteroatoms.